The molecule has 20 heavy (non-hydrogen) atoms. The molecule has 0 aromatic heterocycles. The van der Waals surface area contributed by atoms with Crippen molar-refractivity contribution in [3.8, 4) is 5.75 Å². The zero-order valence-corrected chi connectivity index (χ0v) is 12.2. The summed E-state index contributed by atoms with van der Waals surface area (Å²) in [5, 5.41) is 10.4. The van der Waals surface area contributed by atoms with Crippen molar-refractivity contribution in [1.82, 2.24) is 0 Å². The minimum Gasteiger partial charge on any atom is -0.489 e. The lowest BCUT2D eigenvalue weighted by atomic mass is 10.1. The van der Waals surface area contributed by atoms with Gasteiger partial charge in [-0.15, -0.1) is 0 Å². The Morgan fingerprint density at radius 1 is 1.20 bits per heavy atom. The third-order valence-corrected chi connectivity index (χ3v) is 3.58. The highest BCUT2D eigenvalue weighted by Gasteiger charge is 2.10. The third kappa shape index (κ3) is 3.42. The van der Waals surface area contributed by atoms with Crippen molar-refractivity contribution in [2.24, 2.45) is 0 Å². The molecule has 5 heteroatoms. The fourth-order valence-electron chi connectivity index (χ4n) is 1.76. The van der Waals surface area contributed by atoms with Crippen LogP contribution in [-0.4, -0.2) is 5.11 Å². The van der Waals surface area contributed by atoms with Crippen LogP contribution in [0.2, 0.25) is 10.0 Å². The molecule has 2 aromatic carbocycles. The van der Waals surface area contributed by atoms with Gasteiger partial charge in [-0.05, 0) is 31.2 Å². The summed E-state index contributed by atoms with van der Waals surface area (Å²) in [6.07, 6.45) is -0.859. The minimum atomic E-state index is -0.859. The van der Waals surface area contributed by atoms with Crippen LogP contribution in [0.1, 0.15) is 24.2 Å². The maximum Gasteiger partial charge on any atom is 0.132 e. The molecule has 0 fully saturated rings. The SMILES string of the molecule is C[C@@H](O)c1ccc(OCc2c(Cl)cccc2Cl)cc1F. The van der Waals surface area contributed by atoms with E-state index in [0.717, 1.165) is 0 Å². The summed E-state index contributed by atoms with van der Waals surface area (Å²) < 4.78 is 19.2. The van der Waals surface area contributed by atoms with Crippen LogP contribution in [0.5, 0.6) is 5.75 Å². The summed E-state index contributed by atoms with van der Waals surface area (Å²) in [6, 6.07) is 9.48. The standard InChI is InChI=1S/C15H13Cl2FO2/c1-9(19)11-6-5-10(7-15(11)18)20-8-12-13(16)3-2-4-14(12)17/h2-7,9,19H,8H2,1H3/t9-/m1/s1. The number of aliphatic hydroxyl groups excluding tert-OH is 1. The molecule has 0 heterocycles. The molecule has 0 saturated heterocycles. The molecular weight excluding hydrogens is 302 g/mol. The van der Waals surface area contributed by atoms with Crippen molar-refractivity contribution in [3.63, 3.8) is 0 Å². The molecule has 2 rings (SSSR count). The van der Waals surface area contributed by atoms with Crippen molar-refractivity contribution in [2.75, 3.05) is 0 Å². The van der Waals surface area contributed by atoms with E-state index in [-0.39, 0.29) is 12.2 Å². The van der Waals surface area contributed by atoms with Crippen LogP contribution in [-0.2, 0) is 6.61 Å². The van der Waals surface area contributed by atoms with Crippen LogP contribution in [0, 0.1) is 5.82 Å². The van der Waals surface area contributed by atoms with Gasteiger partial charge in [-0.1, -0.05) is 29.3 Å². The smallest absolute Gasteiger partial charge is 0.132 e. The zero-order chi connectivity index (χ0) is 14.7. The zero-order valence-electron chi connectivity index (χ0n) is 10.7. The van der Waals surface area contributed by atoms with Gasteiger partial charge in [-0.2, -0.15) is 0 Å². The van der Waals surface area contributed by atoms with Crippen LogP contribution in [0.4, 0.5) is 4.39 Å². The van der Waals surface area contributed by atoms with Crippen LogP contribution < -0.4 is 4.74 Å². The van der Waals surface area contributed by atoms with E-state index >= 15 is 0 Å². The highest BCUT2D eigenvalue weighted by atomic mass is 35.5. The number of ether oxygens (including phenoxy) is 1. The van der Waals surface area contributed by atoms with E-state index in [4.69, 9.17) is 27.9 Å². The lowest BCUT2D eigenvalue weighted by Crippen LogP contribution is -2.00. The van der Waals surface area contributed by atoms with Crippen molar-refractivity contribution in [1.29, 1.82) is 0 Å². The molecular formula is C15H13Cl2FO2. The van der Waals surface area contributed by atoms with Crippen molar-refractivity contribution in [2.45, 2.75) is 19.6 Å². The van der Waals surface area contributed by atoms with Gasteiger partial charge in [0, 0.05) is 27.2 Å². The molecule has 1 N–H and O–H groups in total. The molecule has 0 amide bonds. The van der Waals surface area contributed by atoms with Gasteiger partial charge in [0.1, 0.15) is 18.2 Å². The Kier molecular flexibility index (Phi) is 4.86. The van der Waals surface area contributed by atoms with Gasteiger partial charge in [0.2, 0.25) is 0 Å². The molecule has 0 saturated carbocycles. The van der Waals surface area contributed by atoms with Crippen LogP contribution in [0.15, 0.2) is 36.4 Å². The van der Waals surface area contributed by atoms with Crippen LogP contribution in [0.25, 0.3) is 0 Å². The first-order chi connectivity index (χ1) is 9.49. The second-order valence-corrected chi connectivity index (χ2v) is 5.16. The molecule has 2 aromatic rings. The molecule has 0 unspecified atom stereocenters. The third-order valence-electron chi connectivity index (χ3n) is 2.87. The first kappa shape index (κ1) is 15.1. The highest BCUT2D eigenvalue weighted by molar-refractivity contribution is 6.35. The Hall–Kier alpha value is -1.29. The van der Waals surface area contributed by atoms with Crippen molar-refractivity contribution in [3.05, 3.63) is 63.4 Å². The lowest BCUT2D eigenvalue weighted by Gasteiger charge is -2.11. The van der Waals surface area contributed by atoms with Crippen LogP contribution in [0.3, 0.4) is 0 Å². The number of hydrogen-bond acceptors (Lipinski definition) is 2. The lowest BCUT2D eigenvalue weighted by molar-refractivity contribution is 0.194. The molecule has 0 spiro atoms. The maximum absolute atomic E-state index is 13.7. The van der Waals surface area contributed by atoms with Gasteiger partial charge in [0.25, 0.3) is 0 Å². The molecule has 2 nitrogen and oxygen atoms in total. The van der Waals surface area contributed by atoms with E-state index in [0.29, 0.717) is 21.4 Å². The predicted molar refractivity (Wildman–Crippen MR) is 77.8 cm³/mol. The highest BCUT2D eigenvalue weighted by Crippen LogP contribution is 2.27. The Labute approximate surface area is 126 Å². The average Bonchev–Trinajstić information content (AvgIpc) is 2.37. The summed E-state index contributed by atoms with van der Waals surface area (Å²) >= 11 is 12.0. The maximum atomic E-state index is 13.7. The molecule has 0 aliphatic carbocycles. The van der Waals surface area contributed by atoms with E-state index in [9.17, 15) is 9.50 Å². The van der Waals surface area contributed by atoms with Gasteiger partial charge in [0.15, 0.2) is 0 Å². The van der Waals surface area contributed by atoms with Gasteiger partial charge in [-0.3, -0.25) is 0 Å². The van der Waals surface area contributed by atoms with Gasteiger partial charge >= 0.3 is 0 Å². The molecule has 0 aliphatic rings. The largest absolute Gasteiger partial charge is 0.489 e. The van der Waals surface area contributed by atoms with Gasteiger partial charge in [0.05, 0.1) is 6.10 Å². The molecule has 0 radical (unpaired) electrons. The fourth-order valence-corrected chi connectivity index (χ4v) is 2.27. The summed E-state index contributed by atoms with van der Waals surface area (Å²) in [6.45, 7) is 1.65. The molecule has 0 bridgehead atoms. The molecule has 1 atom stereocenters. The number of benzene rings is 2. The first-order valence-corrected chi connectivity index (χ1v) is 6.78. The van der Waals surface area contributed by atoms with E-state index in [1.807, 2.05) is 0 Å². The Morgan fingerprint density at radius 2 is 1.85 bits per heavy atom. The number of halogens is 3. The Bertz CT molecular complexity index is 595. The second-order valence-electron chi connectivity index (χ2n) is 4.35. The monoisotopic (exact) mass is 314 g/mol. The first-order valence-electron chi connectivity index (χ1n) is 6.02. The number of hydrogen-bond donors (Lipinski definition) is 1. The average molecular weight is 315 g/mol. The Balaban J connectivity index is 2.14. The summed E-state index contributed by atoms with van der Waals surface area (Å²) in [5.74, 6) is -0.161. The van der Waals surface area contributed by atoms with E-state index in [2.05, 4.69) is 0 Å². The molecule has 0 aliphatic heterocycles. The van der Waals surface area contributed by atoms with Gasteiger partial charge in [-0.25, -0.2) is 4.39 Å². The topological polar surface area (TPSA) is 29.5 Å². The van der Waals surface area contributed by atoms with Crippen molar-refractivity contribution >= 4 is 23.2 Å². The summed E-state index contributed by atoms with van der Waals surface area (Å²) in [7, 11) is 0. The minimum absolute atomic E-state index is 0.145. The normalized spacial score (nSPS) is 12.2. The Morgan fingerprint density at radius 3 is 2.40 bits per heavy atom. The van der Waals surface area contributed by atoms with E-state index < -0.39 is 11.9 Å². The molecule has 106 valence electrons. The summed E-state index contributed by atoms with van der Waals surface area (Å²) in [4.78, 5) is 0. The number of aliphatic hydroxyl groups is 1. The number of rotatable bonds is 4. The summed E-state index contributed by atoms with van der Waals surface area (Å²) in [5.41, 5.74) is 0.879. The van der Waals surface area contributed by atoms with E-state index in [1.165, 1.54) is 19.1 Å². The van der Waals surface area contributed by atoms with E-state index in [1.54, 1.807) is 24.3 Å². The quantitative estimate of drug-likeness (QED) is 0.881. The van der Waals surface area contributed by atoms with Gasteiger partial charge < -0.3 is 9.84 Å². The van der Waals surface area contributed by atoms with Crippen LogP contribution >= 0.6 is 23.2 Å². The second kappa shape index (κ2) is 6.44. The predicted octanol–water partition coefficient (Wildman–Crippen LogP) is 4.76. The fraction of sp³-hybridized carbons (Fsp3) is 0.200. The van der Waals surface area contributed by atoms with Crippen molar-refractivity contribution < 1.29 is 14.2 Å².